The van der Waals surface area contributed by atoms with Crippen molar-refractivity contribution in [2.45, 2.75) is 113 Å². The molecule has 0 saturated carbocycles. The second-order valence-corrected chi connectivity index (χ2v) is 33.0. The summed E-state index contributed by atoms with van der Waals surface area (Å²) in [4.78, 5) is 82.9. The molecule has 0 fully saturated rings. The standard InChI is InChI=1S/C20H23N3O2.C19H21N3O3.2C19H21N3O2.C18H19N3O2.CH4/c1-5-22-17(24)7-12(3)15-8-16-11(2)6-13(4)23-14(9-21)10-25-20(18(15)22)19(16)23;1-10-5-15(23)21(4)17-13(10)7-14-11(2)6-16(24)22-12(8-20-3)9-25-19(17)18(14)22;2*1-10-5-12(3)22-13(8-20)9-24-19-17-14(7-15(10)18(19)22)11(2)6-16(23)21(17)4;1-10-6-15(22)20(3)17-14(10)7-12-5-4-11(2)21-13(8-19)9-23-18(17)16(12)21;/h6-8,14H,4-5,9-10,21H2,1-3H3;5-7,12,20H,8-9H2,1-4H3;2*5-7,13H,3,8-9,20H2,1-2,4H3;4-7,13H,2,8-9,19H2,1,3H3;1H4/t;;13-;;;/m..0.../s1. The summed E-state index contributed by atoms with van der Waals surface area (Å²) in [7, 11) is 8.96. The van der Waals surface area contributed by atoms with Gasteiger partial charge in [0.05, 0.1) is 86.1 Å². The van der Waals surface area contributed by atoms with Gasteiger partial charge in [-0.3, -0.25) is 33.3 Å². The predicted octanol–water partition coefficient (Wildman–Crippen LogP) is 11.6. The Hall–Kier alpha value is -12.7. The van der Waals surface area contributed by atoms with Crippen molar-refractivity contribution in [3.63, 3.8) is 0 Å². The minimum atomic E-state index is -0.0805. The molecule has 26 heteroatoms. The number of pyridine rings is 6. The maximum atomic E-state index is 12.7. The highest BCUT2D eigenvalue weighted by Gasteiger charge is 2.41. The number of hydrogen-bond acceptors (Lipinski definition) is 20. The van der Waals surface area contributed by atoms with E-state index in [4.69, 9.17) is 46.6 Å². The first-order chi connectivity index (χ1) is 57.8. The number of aromatic nitrogens is 6. The zero-order chi connectivity index (χ0) is 86.4. The number of likely N-dealkylation sites (N-methyl/N-ethyl adjacent to an activating group) is 1. The average Bonchev–Trinajstić information content (AvgIpc) is 0.752. The van der Waals surface area contributed by atoms with Crippen LogP contribution in [-0.2, 0) is 34.7 Å². The number of nitrogens with two attached hydrogens (primary N) is 4. The van der Waals surface area contributed by atoms with E-state index >= 15 is 0 Å². The van der Waals surface area contributed by atoms with E-state index < -0.39 is 0 Å². The monoisotopic (exact) mass is 1650 g/mol. The Morgan fingerprint density at radius 1 is 0.361 bits per heavy atom. The van der Waals surface area contributed by atoms with Crippen molar-refractivity contribution >= 4 is 111 Å². The molecule has 26 nitrogen and oxygen atoms in total. The Labute approximate surface area is 707 Å². The first kappa shape index (κ1) is 84.3. The zero-order valence-corrected chi connectivity index (χ0v) is 71.5. The van der Waals surface area contributed by atoms with Crippen LogP contribution in [0.25, 0.3) is 88.2 Å². The number of benzene rings is 5. The summed E-state index contributed by atoms with van der Waals surface area (Å²) >= 11 is 0. The van der Waals surface area contributed by atoms with Crippen LogP contribution in [0.2, 0.25) is 0 Å². The molecule has 4 unspecified atom stereocenters. The molecule has 5 atom stereocenters. The molecule has 0 bridgehead atoms. The van der Waals surface area contributed by atoms with Gasteiger partial charge in [0.1, 0.15) is 33.0 Å². The van der Waals surface area contributed by atoms with Gasteiger partial charge in [0.25, 0.3) is 33.4 Å². The Morgan fingerprint density at radius 3 is 1.02 bits per heavy atom. The molecule has 0 aliphatic carbocycles. The molecular weight excluding hydrogens is 1540 g/mol. The summed E-state index contributed by atoms with van der Waals surface area (Å²) in [6.45, 7) is 42.2. The number of rotatable bonds is 7. The maximum Gasteiger partial charge on any atom is 0.251 e. The number of anilines is 4. The van der Waals surface area contributed by atoms with E-state index in [0.717, 1.165) is 206 Å². The van der Waals surface area contributed by atoms with Gasteiger partial charge in [-0.15, -0.1) is 0 Å². The molecule has 6 aromatic heterocycles. The zero-order valence-electron chi connectivity index (χ0n) is 71.5. The average molecular weight is 1650 g/mol. The van der Waals surface area contributed by atoms with Gasteiger partial charge in [-0.05, 0) is 181 Å². The lowest BCUT2D eigenvalue weighted by molar-refractivity contribution is 0.233. The van der Waals surface area contributed by atoms with E-state index in [1.54, 1.807) is 87.4 Å². The summed E-state index contributed by atoms with van der Waals surface area (Å²) in [6, 6.07) is 20.8. The lowest BCUT2D eigenvalue weighted by atomic mass is 9.92. The molecule has 122 heavy (non-hydrogen) atoms. The number of nitrogens with zero attached hydrogens (tertiary/aromatic N) is 10. The normalized spacial score (nSPS) is 18.4. The number of allylic oxidation sites excluding steroid dienone is 7. The van der Waals surface area contributed by atoms with E-state index in [1.165, 1.54) is 0 Å². The molecule has 5 aromatic carbocycles. The fraction of sp³-hybridized carbons (Fsp3) is 0.333. The first-order valence-corrected chi connectivity index (χ1v) is 41.0. The van der Waals surface area contributed by atoms with Crippen LogP contribution < -0.4 is 105 Å². The van der Waals surface area contributed by atoms with Crippen LogP contribution in [0.5, 0.6) is 28.7 Å². The first-order valence-electron chi connectivity index (χ1n) is 41.0. The van der Waals surface area contributed by atoms with Crippen molar-refractivity contribution in [3.05, 3.63) is 258 Å². The predicted molar refractivity (Wildman–Crippen MR) is 496 cm³/mol. The molecule has 0 radical (unpaired) electrons. The second kappa shape index (κ2) is 32.0. The summed E-state index contributed by atoms with van der Waals surface area (Å²) in [6.07, 6.45) is 10.3. The Bertz CT molecular complexity index is 6800. The molecule has 9 aliphatic rings. The molecule has 9 N–H and O–H groups in total. The Kier molecular flexibility index (Phi) is 22.1. The maximum absolute atomic E-state index is 12.7. The molecule has 20 rings (SSSR count). The van der Waals surface area contributed by atoms with Crippen LogP contribution in [0.3, 0.4) is 0 Å². The molecule has 0 spiro atoms. The Balaban J connectivity index is 0.000000118. The second-order valence-electron chi connectivity index (χ2n) is 33.0. The highest BCUT2D eigenvalue weighted by atomic mass is 16.5. The number of fused-ring (bicyclic) bond motifs is 10. The van der Waals surface area contributed by atoms with Crippen molar-refractivity contribution < 1.29 is 23.7 Å². The minimum absolute atomic E-state index is 0. The summed E-state index contributed by atoms with van der Waals surface area (Å²) < 4.78 is 40.8. The van der Waals surface area contributed by atoms with Gasteiger partial charge in [0.15, 0.2) is 28.7 Å². The van der Waals surface area contributed by atoms with Crippen LogP contribution in [0.4, 0.5) is 22.7 Å². The SMILES string of the molecule is C.C=C1C=C(C)c2cc3c(C)cc(=O)n(C)c3c3c2N1C(CN)CO3.C=C1C=C(C)c2cc3c(C)cc(=O)n(C)c3c3c2N1[C@@H](CN)CO3.C=C1C=C(C)c2cc3c(C)cc(=O)n(CC)c3c3c2N1C(CN)CO3.C=C1C=Cc2cc3c(C)cc(=O)n(C)c3c3c2N1C(CN)CO3.CNCC1COc2c3c(cc4c(C)cc(=O)n1c24)c(C)cc(=O)n3C. The van der Waals surface area contributed by atoms with Crippen molar-refractivity contribution in [2.75, 3.05) is 92.4 Å². The molecule has 11 aromatic rings. The molecule has 9 aliphatic heterocycles. The third kappa shape index (κ3) is 13.3. The van der Waals surface area contributed by atoms with Crippen LogP contribution in [0, 0.1) is 41.5 Å². The Morgan fingerprint density at radius 2 is 0.656 bits per heavy atom. The number of nitrogens with one attached hydrogen (secondary N) is 1. The van der Waals surface area contributed by atoms with E-state index in [2.05, 4.69) is 121 Å². The van der Waals surface area contributed by atoms with Gasteiger partial charge >= 0.3 is 0 Å². The number of hydrogen-bond donors (Lipinski definition) is 5. The largest absolute Gasteiger partial charge is 0.487 e. The smallest absolute Gasteiger partial charge is 0.251 e. The lowest BCUT2D eigenvalue weighted by Gasteiger charge is -2.42. The molecular formula is C96H109N15O11. The van der Waals surface area contributed by atoms with Crippen LogP contribution in [0.1, 0.15) is 96.8 Å². The fourth-order valence-electron chi connectivity index (χ4n) is 19.0. The fourth-order valence-corrected chi connectivity index (χ4v) is 19.0. The van der Waals surface area contributed by atoms with E-state index in [1.807, 2.05) is 72.2 Å². The van der Waals surface area contributed by atoms with Gasteiger partial charge in [-0.25, -0.2) is 0 Å². The highest BCUT2D eigenvalue weighted by Crippen LogP contribution is 2.54. The number of ether oxygens (including phenoxy) is 5. The summed E-state index contributed by atoms with van der Waals surface area (Å²) in [5.41, 5.74) is 49.6. The van der Waals surface area contributed by atoms with Crippen LogP contribution in [-0.4, -0.2) is 124 Å². The van der Waals surface area contributed by atoms with Gasteiger partial charge in [0.2, 0.25) is 0 Å². The lowest BCUT2D eigenvalue weighted by Crippen LogP contribution is -2.48. The van der Waals surface area contributed by atoms with Crippen LogP contribution in [0.15, 0.2) is 169 Å². The third-order valence-corrected chi connectivity index (χ3v) is 25.3. The van der Waals surface area contributed by atoms with Gasteiger partial charge < -0.3 is 94.4 Å². The van der Waals surface area contributed by atoms with Gasteiger partial charge in [-0.2, -0.15) is 0 Å². The topological polar surface area (TPSA) is 307 Å². The van der Waals surface area contributed by atoms with Gasteiger partial charge in [0, 0.05) is 181 Å². The molecule has 0 saturated heterocycles. The third-order valence-electron chi connectivity index (χ3n) is 25.3. The summed E-state index contributed by atoms with van der Waals surface area (Å²) in [5.74, 6) is 3.65. The van der Waals surface area contributed by atoms with E-state index in [0.29, 0.717) is 78.1 Å². The van der Waals surface area contributed by atoms with Crippen molar-refractivity contribution in [2.24, 2.45) is 51.1 Å². The molecule has 634 valence electrons. The van der Waals surface area contributed by atoms with E-state index in [-0.39, 0.29) is 71.0 Å². The molecule has 0 amide bonds. The van der Waals surface area contributed by atoms with Crippen LogP contribution >= 0.6 is 0 Å². The quantitative estimate of drug-likeness (QED) is 0.0926. The van der Waals surface area contributed by atoms with Crippen molar-refractivity contribution in [1.29, 1.82) is 0 Å². The number of aryl methyl sites for hydroxylation is 11. The van der Waals surface area contributed by atoms with Crippen molar-refractivity contribution in [1.82, 2.24) is 32.7 Å². The summed E-state index contributed by atoms with van der Waals surface area (Å²) in [5, 5.41) is 9.26. The van der Waals surface area contributed by atoms with Crippen molar-refractivity contribution in [3.8, 4) is 28.7 Å². The van der Waals surface area contributed by atoms with E-state index in [9.17, 15) is 28.8 Å². The van der Waals surface area contributed by atoms with Gasteiger partial charge in [-0.1, -0.05) is 39.8 Å². The minimum Gasteiger partial charge on any atom is -0.487 e. The molecule has 15 heterocycles. The highest BCUT2D eigenvalue weighted by molar-refractivity contribution is 6.07.